The fraction of sp³-hybridized carbons (Fsp3) is 0.474. The van der Waals surface area contributed by atoms with Gasteiger partial charge >= 0.3 is 5.97 Å². The zero-order chi connectivity index (χ0) is 24.4. The third-order valence-electron chi connectivity index (χ3n) is 4.44. The third kappa shape index (κ3) is 8.11. The molecular weight excluding hydrogens is 428 g/mol. The monoisotopic (exact) mass is 456 g/mol. The number of aliphatic carboxylic acids is 1. The molecular formula is C19H28N4O9. The van der Waals surface area contributed by atoms with Crippen molar-refractivity contribution in [1.29, 1.82) is 0 Å². The van der Waals surface area contributed by atoms with Crippen molar-refractivity contribution in [1.82, 2.24) is 16.0 Å². The lowest BCUT2D eigenvalue weighted by molar-refractivity contribution is -0.143. The van der Waals surface area contributed by atoms with Crippen LogP contribution in [-0.4, -0.2) is 92.7 Å². The number of carbonyl (C=O) groups is 4. The highest BCUT2D eigenvalue weighted by molar-refractivity contribution is 5.94. The van der Waals surface area contributed by atoms with Gasteiger partial charge in [0.05, 0.1) is 19.3 Å². The lowest BCUT2D eigenvalue weighted by Gasteiger charge is -2.24. The van der Waals surface area contributed by atoms with Gasteiger partial charge in [-0.15, -0.1) is 0 Å². The number of phenols is 1. The van der Waals surface area contributed by atoms with Crippen LogP contribution >= 0.6 is 0 Å². The summed E-state index contributed by atoms with van der Waals surface area (Å²) in [6.07, 6.45) is -1.31. The SMILES string of the molecule is CC(O)C(N)C(=O)NC(Cc1ccc(O)cc1)C(=O)NC(CO)C(=O)NC(CO)C(=O)O. The summed E-state index contributed by atoms with van der Waals surface area (Å²) in [6.45, 7) is -0.530. The molecule has 32 heavy (non-hydrogen) atoms. The highest BCUT2D eigenvalue weighted by Crippen LogP contribution is 2.12. The smallest absolute Gasteiger partial charge is 0.328 e. The number of aromatic hydroxyl groups is 1. The van der Waals surface area contributed by atoms with E-state index in [1.54, 1.807) is 0 Å². The lowest BCUT2D eigenvalue weighted by Crippen LogP contribution is -2.59. The van der Waals surface area contributed by atoms with E-state index in [2.05, 4.69) is 10.6 Å². The molecule has 5 unspecified atom stereocenters. The van der Waals surface area contributed by atoms with Gasteiger partial charge in [0.2, 0.25) is 17.7 Å². The fourth-order valence-electron chi connectivity index (χ4n) is 2.49. The van der Waals surface area contributed by atoms with Gasteiger partial charge in [-0.1, -0.05) is 12.1 Å². The molecule has 13 heteroatoms. The number of amides is 3. The summed E-state index contributed by atoms with van der Waals surface area (Å²) in [6, 6.07) is -0.173. The Morgan fingerprint density at radius 1 is 0.875 bits per heavy atom. The maximum atomic E-state index is 12.8. The van der Waals surface area contributed by atoms with E-state index in [1.165, 1.54) is 31.2 Å². The van der Waals surface area contributed by atoms with E-state index in [0.717, 1.165) is 0 Å². The number of nitrogens with two attached hydrogens (primary N) is 1. The summed E-state index contributed by atoms with van der Waals surface area (Å²) in [5.41, 5.74) is 6.10. The minimum atomic E-state index is -1.65. The number of carboxylic acid groups (broad SMARTS) is 1. The molecule has 0 aliphatic heterocycles. The molecule has 0 bridgehead atoms. The Labute approximate surface area is 183 Å². The maximum Gasteiger partial charge on any atom is 0.328 e. The molecule has 0 heterocycles. The Morgan fingerprint density at radius 2 is 1.34 bits per heavy atom. The summed E-state index contributed by atoms with van der Waals surface area (Å²) >= 11 is 0. The minimum absolute atomic E-state index is 0.0243. The van der Waals surface area contributed by atoms with E-state index in [-0.39, 0.29) is 12.2 Å². The normalized spacial score (nSPS) is 15.5. The third-order valence-corrected chi connectivity index (χ3v) is 4.44. The first kappa shape index (κ1) is 26.8. The second-order valence-electron chi connectivity index (χ2n) is 7.02. The topological polar surface area (TPSA) is 232 Å². The van der Waals surface area contributed by atoms with Crippen LogP contribution in [0, 0.1) is 0 Å². The van der Waals surface area contributed by atoms with Crippen LogP contribution in [0.2, 0.25) is 0 Å². The molecule has 0 saturated heterocycles. The molecule has 0 aliphatic carbocycles. The molecule has 0 radical (unpaired) electrons. The highest BCUT2D eigenvalue weighted by atomic mass is 16.4. The van der Waals surface area contributed by atoms with Crippen LogP contribution in [0.4, 0.5) is 0 Å². The number of hydrogen-bond acceptors (Lipinski definition) is 9. The first-order valence-corrected chi connectivity index (χ1v) is 9.57. The zero-order valence-electron chi connectivity index (χ0n) is 17.3. The van der Waals surface area contributed by atoms with Crippen LogP contribution in [0.1, 0.15) is 12.5 Å². The van der Waals surface area contributed by atoms with Gasteiger partial charge in [-0.2, -0.15) is 0 Å². The van der Waals surface area contributed by atoms with Gasteiger partial charge in [0.25, 0.3) is 0 Å². The van der Waals surface area contributed by atoms with Crippen molar-refractivity contribution < 1.29 is 44.7 Å². The van der Waals surface area contributed by atoms with Crippen LogP contribution in [0.15, 0.2) is 24.3 Å². The molecule has 0 spiro atoms. The number of rotatable bonds is 12. The molecule has 0 saturated carbocycles. The molecule has 0 aliphatic rings. The van der Waals surface area contributed by atoms with Crippen LogP contribution in [0.3, 0.4) is 0 Å². The number of nitrogens with one attached hydrogen (secondary N) is 3. The standard InChI is InChI=1S/C19H28N4O9/c1-9(26)15(20)18(30)21-12(6-10-2-4-11(27)5-3-10)16(28)22-13(7-24)17(29)23-14(8-25)19(31)32/h2-5,9,12-15,24-27H,6-8,20H2,1H3,(H,21,30)(H,22,28)(H,23,29)(H,31,32). The lowest BCUT2D eigenvalue weighted by atomic mass is 10.0. The second-order valence-corrected chi connectivity index (χ2v) is 7.02. The van der Waals surface area contributed by atoms with Gasteiger partial charge in [0.1, 0.15) is 29.9 Å². The van der Waals surface area contributed by atoms with Gasteiger partial charge in [-0.05, 0) is 24.6 Å². The maximum absolute atomic E-state index is 12.8. The number of carbonyl (C=O) groups excluding carboxylic acids is 3. The number of aliphatic hydroxyl groups is 3. The first-order valence-electron chi connectivity index (χ1n) is 9.57. The quantitative estimate of drug-likeness (QED) is 0.149. The van der Waals surface area contributed by atoms with Gasteiger partial charge < -0.3 is 47.2 Å². The molecule has 1 aromatic carbocycles. The summed E-state index contributed by atoms with van der Waals surface area (Å²) in [5.74, 6) is -4.38. The van der Waals surface area contributed by atoms with E-state index >= 15 is 0 Å². The molecule has 1 aromatic rings. The van der Waals surface area contributed by atoms with Gasteiger partial charge in [-0.25, -0.2) is 4.79 Å². The Bertz CT molecular complexity index is 800. The van der Waals surface area contributed by atoms with Gasteiger partial charge in [0.15, 0.2) is 0 Å². The Kier molecular flexibility index (Phi) is 10.5. The molecule has 13 nitrogen and oxygen atoms in total. The number of carboxylic acids is 1. The van der Waals surface area contributed by atoms with E-state index in [9.17, 15) is 34.5 Å². The second kappa shape index (κ2) is 12.6. The van der Waals surface area contributed by atoms with Crippen LogP contribution in [0.25, 0.3) is 0 Å². The van der Waals surface area contributed by atoms with E-state index in [4.69, 9.17) is 15.9 Å². The predicted octanol–water partition coefficient (Wildman–Crippen LogP) is -3.83. The van der Waals surface area contributed by atoms with Crippen LogP contribution in [-0.2, 0) is 25.6 Å². The predicted molar refractivity (Wildman–Crippen MR) is 109 cm³/mol. The average molecular weight is 456 g/mol. The molecule has 3 amide bonds. The molecule has 5 atom stereocenters. The molecule has 1 rings (SSSR count). The van der Waals surface area contributed by atoms with E-state index in [1.807, 2.05) is 5.32 Å². The summed E-state index contributed by atoms with van der Waals surface area (Å²) in [7, 11) is 0. The molecule has 10 N–H and O–H groups in total. The Balaban J connectivity index is 3.00. The largest absolute Gasteiger partial charge is 0.508 e. The van der Waals surface area contributed by atoms with Crippen molar-refractivity contribution in [3.05, 3.63) is 29.8 Å². The average Bonchev–Trinajstić information content (AvgIpc) is 2.75. The van der Waals surface area contributed by atoms with Crippen LogP contribution in [0.5, 0.6) is 5.75 Å². The Hall–Kier alpha value is -3.26. The number of aliphatic hydroxyl groups excluding tert-OH is 3. The summed E-state index contributed by atoms with van der Waals surface area (Å²) < 4.78 is 0. The van der Waals surface area contributed by atoms with Gasteiger partial charge in [0, 0.05) is 6.42 Å². The minimum Gasteiger partial charge on any atom is -0.508 e. The summed E-state index contributed by atoms with van der Waals surface area (Å²) in [5, 5.41) is 52.8. The van der Waals surface area contributed by atoms with Crippen molar-refractivity contribution >= 4 is 23.7 Å². The van der Waals surface area contributed by atoms with Crippen molar-refractivity contribution in [3.63, 3.8) is 0 Å². The van der Waals surface area contributed by atoms with Crippen molar-refractivity contribution in [2.45, 2.75) is 43.6 Å². The highest BCUT2D eigenvalue weighted by Gasteiger charge is 2.30. The Morgan fingerprint density at radius 3 is 1.81 bits per heavy atom. The van der Waals surface area contributed by atoms with Crippen molar-refractivity contribution in [3.8, 4) is 5.75 Å². The number of hydrogen-bond donors (Lipinski definition) is 9. The zero-order valence-corrected chi connectivity index (χ0v) is 17.3. The molecule has 0 aromatic heterocycles. The summed E-state index contributed by atoms with van der Waals surface area (Å²) in [4.78, 5) is 48.2. The van der Waals surface area contributed by atoms with E-state index in [0.29, 0.717) is 5.56 Å². The number of benzene rings is 1. The molecule has 0 fully saturated rings. The van der Waals surface area contributed by atoms with Crippen molar-refractivity contribution in [2.75, 3.05) is 13.2 Å². The van der Waals surface area contributed by atoms with Crippen LogP contribution < -0.4 is 21.7 Å². The number of phenolic OH excluding ortho intramolecular Hbond substituents is 1. The van der Waals surface area contributed by atoms with Gasteiger partial charge in [-0.3, -0.25) is 14.4 Å². The molecule has 178 valence electrons. The van der Waals surface area contributed by atoms with Crippen molar-refractivity contribution in [2.24, 2.45) is 5.73 Å². The first-order chi connectivity index (χ1) is 15.0. The fourth-order valence-corrected chi connectivity index (χ4v) is 2.49. The van der Waals surface area contributed by atoms with E-state index < -0.39 is 67.2 Å².